The molecule has 118 valence electrons. The van der Waals surface area contributed by atoms with Crippen molar-refractivity contribution in [2.45, 2.75) is 20.0 Å². The predicted molar refractivity (Wildman–Crippen MR) is 81.7 cm³/mol. The van der Waals surface area contributed by atoms with Crippen LogP contribution in [-0.4, -0.2) is 19.6 Å². The van der Waals surface area contributed by atoms with Crippen molar-refractivity contribution in [1.82, 2.24) is 5.32 Å². The number of benzene rings is 1. The molecule has 0 fully saturated rings. The lowest BCUT2D eigenvalue weighted by Crippen LogP contribution is -2.20. The molecule has 0 aliphatic heterocycles. The molecule has 0 bridgehead atoms. The van der Waals surface area contributed by atoms with Crippen LogP contribution in [0.5, 0.6) is 11.5 Å². The molecule has 0 aliphatic rings. The minimum atomic E-state index is -0.526. The predicted octanol–water partition coefficient (Wildman–Crippen LogP) is 1.75. The summed E-state index contributed by atoms with van der Waals surface area (Å²) in [6, 6.07) is 9.40. The summed E-state index contributed by atoms with van der Waals surface area (Å²) in [7, 11) is 1.55. The van der Waals surface area contributed by atoms with E-state index in [0.29, 0.717) is 24.6 Å². The van der Waals surface area contributed by atoms with E-state index in [2.05, 4.69) is 5.32 Å². The fourth-order valence-electron chi connectivity index (χ4n) is 2.00. The lowest BCUT2D eigenvalue weighted by Gasteiger charge is -2.11. The van der Waals surface area contributed by atoms with E-state index in [1.165, 1.54) is 0 Å². The quantitative estimate of drug-likeness (QED) is 0.776. The van der Waals surface area contributed by atoms with Gasteiger partial charge < -0.3 is 24.9 Å². The SMILES string of the molecule is COc1cc(CNCc2ccc(C)o2)ccc1OCC(N)=O. The minimum absolute atomic E-state index is 0.175. The van der Waals surface area contributed by atoms with Gasteiger partial charge in [0.2, 0.25) is 0 Å². The maximum absolute atomic E-state index is 10.8. The number of primary amides is 1. The van der Waals surface area contributed by atoms with Gasteiger partial charge >= 0.3 is 0 Å². The van der Waals surface area contributed by atoms with Crippen LogP contribution in [0.25, 0.3) is 0 Å². The van der Waals surface area contributed by atoms with E-state index in [4.69, 9.17) is 19.6 Å². The maximum atomic E-state index is 10.8. The van der Waals surface area contributed by atoms with Gasteiger partial charge in [0.15, 0.2) is 18.1 Å². The number of nitrogens with two attached hydrogens (primary N) is 1. The molecule has 1 amide bonds. The van der Waals surface area contributed by atoms with Gasteiger partial charge in [-0.3, -0.25) is 4.79 Å². The topological polar surface area (TPSA) is 86.7 Å². The number of furan rings is 1. The molecule has 2 rings (SSSR count). The summed E-state index contributed by atoms with van der Waals surface area (Å²) in [6.07, 6.45) is 0. The third-order valence-corrected chi connectivity index (χ3v) is 3.02. The fourth-order valence-corrected chi connectivity index (χ4v) is 2.00. The second kappa shape index (κ2) is 7.51. The Labute approximate surface area is 129 Å². The molecule has 0 radical (unpaired) electrons. The van der Waals surface area contributed by atoms with Gasteiger partial charge in [0, 0.05) is 6.54 Å². The van der Waals surface area contributed by atoms with Gasteiger partial charge in [0.25, 0.3) is 5.91 Å². The molecule has 2 aromatic rings. The van der Waals surface area contributed by atoms with E-state index < -0.39 is 5.91 Å². The van der Waals surface area contributed by atoms with Crippen LogP contribution in [0.15, 0.2) is 34.7 Å². The highest BCUT2D eigenvalue weighted by atomic mass is 16.5. The monoisotopic (exact) mass is 304 g/mol. The highest BCUT2D eigenvalue weighted by Crippen LogP contribution is 2.28. The fraction of sp³-hybridized carbons (Fsp3) is 0.312. The molecule has 6 heteroatoms. The molecule has 0 unspecified atom stereocenters. The zero-order chi connectivity index (χ0) is 15.9. The first-order valence-electron chi connectivity index (χ1n) is 6.92. The summed E-state index contributed by atoms with van der Waals surface area (Å²) in [5, 5.41) is 3.29. The van der Waals surface area contributed by atoms with Crippen molar-refractivity contribution in [2.24, 2.45) is 5.73 Å². The number of nitrogens with one attached hydrogen (secondary N) is 1. The second-order valence-electron chi connectivity index (χ2n) is 4.86. The molecule has 3 N–H and O–H groups in total. The Morgan fingerprint density at radius 2 is 2.05 bits per heavy atom. The Balaban J connectivity index is 1.92. The van der Waals surface area contributed by atoms with Crippen LogP contribution in [0.3, 0.4) is 0 Å². The van der Waals surface area contributed by atoms with Crippen molar-refractivity contribution in [3.05, 3.63) is 47.4 Å². The van der Waals surface area contributed by atoms with Crippen molar-refractivity contribution >= 4 is 5.91 Å². The van der Waals surface area contributed by atoms with E-state index in [1.807, 2.05) is 31.2 Å². The van der Waals surface area contributed by atoms with Crippen LogP contribution in [0, 0.1) is 6.92 Å². The molecule has 1 aromatic heterocycles. The Bertz CT molecular complexity index is 637. The van der Waals surface area contributed by atoms with Gasteiger partial charge in [-0.25, -0.2) is 0 Å². The lowest BCUT2D eigenvalue weighted by molar-refractivity contribution is -0.119. The van der Waals surface area contributed by atoms with Crippen LogP contribution < -0.4 is 20.5 Å². The highest BCUT2D eigenvalue weighted by Gasteiger charge is 2.07. The molecule has 0 saturated carbocycles. The number of hydrogen-bond donors (Lipinski definition) is 2. The first-order chi connectivity index (χ1) is 10.6. The summed E-state index contributed by atoms with van der Waals surface area (Å²) in [6.45, 7) is 3.05. The Morgan fingerprint density at radius 1 is 1.23 bits per heavy atom. The highest BCUT2D eigenvalue weighted by molar-refractivity contribution is 5.75. The smallest absolute Gasteiger partial charge is 0.255 e. The number of rotatable bonds is 8. The summed E-state index contributed by atoms with van der Waals surface area (Å²) < 4.78 is 16.0. The molecule has 0 aliphatic carbocycles. The van der Waals surface area contributed by atoms with Gasteiger partial charge in [0.1, 0.15) is 11.5 Å². The number of methoxy groups -OCH3 is 1. The normalized spacial score (nSPS) is 10.5. The van der Waals surface area contributed by atoms with Gasteiger partial charge in [0.05, 0.1) is 13.7 Å². The average Bonchev–Trinajstić information content (AvgIpc) is 2.91. The number of amides is 1. The van der Waals surface area contributed by atoms with Crippen LogP contribution in [-0.2, 0) is 17.9 Å². The maximum Gasteiger partial charge on any atom is 0.255 e. The summed E-state index contributed by atoms with van der Waals surface area (Å²) in [5.74, 6) is 2.32. The van der Waals surface area contributed by atoms with Crippen LogP contribution in [0.4, 0.5) is 0 Å². The van der Waals surface area contributed by atoms with Gasteiger partial charge in [-0.2, -0.15) is 0 Å². The van der Waals surface area contributed by atoms with Crippen LogP contribution in [0.2, 0.25) is 0 Å². The van der Waals surface area contributed by atoms with Crippen molar-refractivity contribution in [3.8, 4) is 11.5 Å². The molecule has 1 heterocycles. The third-order valence-electron chi connectivity index (χ3n) is 3.02. The molecular weight excluding hydrogens is 284 g/mol. The zero-order valence-electron chi connectivity index (χ0n) is 12.7. The largest absolute Gasteiger partial charge is 0.493 e. The zero-order valence-corrected chi connectivity index (χ0v) is 12.7. The Kier molecular flexibility index (Phi) is 5.43. The van der Waals surface area contributed by atoms with E-state index in [0.717, 1.165) is 17.1 Å². The number of carbonyl (C=O) groups is 1. The second-order valence-corrected chi connectivity index (χ2v) is 4.86. The van der Waals surface area contributed by atoms with Crippen molar-refractivity contribution in [2.75, 3.05) is 13.7 Å². The summed E-state index contributed by atoms with van der Waals surface area (Å²) >= 11 is 0. The minimum Gasteiger partial charge on any atom is -0.493 e. The first-order valence-corrected chi connectivity index (χ1v) is 6.92. The molecule has 0 spiro atoms. The lowest BCUT2D eigenvalue weighted by atomic mass is 10.2. The summed E-state index contributed by atoms with van der Waals surface area (Å²) in [5.41, 5.74) is 6.09. The van der Waals surface area contributed by atoms with Crippen LogP contribution >= 0.6 is 0 Å². The van der Waals surface area contributed by atoms with E-state index in [1.54, 1.807) is 13.2 Å². The van der Waals surface area contributed by atoms with E-state index in [9.17, 15) is 4.79 Å². The Morgan fingerprint density at radius 3 is 2.68 bits per heavy atom. The number of hydrogen-bond acceptors (Lipinski definition) is 5. The van der Waals surface area contributed by atoms with Gasteiger partial charge in [-0.1, -0.05) is 6.07 Å². The third kappa shape index (κ3) is 4.53. The number of ether oxygens (including phenoxy) is 2. The van der Waals surface area contributed by atoms with Crippen LogP contribution in [0.1, 0.15) is 17.1 Å². The molecule has 1 aromatic carbocycles. The molecular formula is C16H20N2O4. The van der Waals surface area contributed by atoms with E-state index in [-0.39, 0.29) is 6.61 Å². The summed E-state index contributed by atoms with van der Waals surface area (Å²) in [4.78, 5) is 10.8. The Hall–Kier alpha value is -2.47. The van der Waals surface area contributed by atoms with Crippen molar-refractivity contribution in [1.29, 1.82) is 0 Å². The molecule has 0 saturated heterocycles. The molecule has 6 nitrogen and oxygen atoms in total. The number of carbonyl (C=O) groups excluding carboxylic acids is 1. The van der Waals surface area contributed by atoms with Gasteiger partial charge in [-0.05, 0) is 36.8 Å². The van der Waals surface area contributed by atoms with E-state index >= 15 is 0 Å². The molecule has 22 heavy (non-hydrogen) atoms. The molecule has 0 atom stereocenters. The number of aryl methyl sites for hydroxylation is 1. The van der Waals surface area contributed by atoms with Crippen molar-refractivity contribution < 1.29 is 18.7 Å². The standard InChI is InChI=1S/C16H20N2O4/c1-11-3-5-13(22-11)9-18-8-12-4-6-14(15(7-12)20-2)21-10-16(17)19/h3-7,18H,8-10H2,1-2H3,(H2,17,19). The first kappa shape index (κ1) is 15.9. The van der Waals surface area contributed by atoms with Gasteiger partial charge in [-0.15, -0.1) is 0 Å². The average molecular weight is 304 g/mol. The van der Waals surface area contributed by atoms with Crippen molar-refractivity contribution in [3.63, 3.8) is 0 Å².